The molecule has 0 amide bonds. The van der Waals surface area contributed by atoms with E-state index >= 15 is 0 Å². The van der Waals surface area contributed by atoms with Gasteiger partial charge in [0.1, 0.15) is 11.2 Å². The van der Waals surface area contributed by atoms with Crippen molar-refractivity contribution in [1.29, 1.82) is 0 Å². The van der Waals surface area contributed by atoms with Gasteiger partial charge in [-0.05, 0) is 127 Å². The van der Waals surface area contributed by atoms with Gasteiger partial charge < -0.3 is 9.32 Å². The standard InChI is InChI=1S/C53H37NO/c1-53(2)48-13-7-5-11-44(48)47-33-43(28-29-49(47)53)54(41-24-19-35(20-25-41)39-17-15-34-9-3-4-10-38(34)31-39)42-26-21-36(22-27-42)40-18-16-37-23-30-51-52(46(37)32-40)45-12-6-8-14-50(45)55-51/h3-33H,1-2H3. The van der Waals surface area contributed by atoms with Gasteiger partial charge >= 0.3 is 0 Å². The van der Waals surface area contributed by atoms with Crippen LogP contribution in [0.4, 0.5) is 17.1 Å². The topological polar surface area (TPSA) is 16.4 Å². The summed E-state index contributed by atoms with van der Waals surface area (Å²) in [5.74, 6) is 0. The second-order valence-electron chi connectivity index (χ2n) is 15.4. The van der Waals surface area contributed by atoms with Crippen molar-refractivity contribution in [1.82, 2.24) is 0 Å². The number of rotatable bonds is 5. The van der Waals surface area contributed by atoms with E-state index in [-0.39, 0.29) is 5.41 Å². The summed E-state index contributed by atoms with van der Waals surface area (Å²) < 4.78 is 6.23. The summed E-state index contributed by atoms with van der Waals surface area (Å²) in [5.41, 5.74) is 15.3. The number of anilines is 3. The van der Waals surface area contributed by atoms with E-state index in [2.05, 4.69) is 195 Å². The molecule has 0 saturated carbocycles. The lowest BCUT2D eigenvalue weighted by atomic mass is 9.82. The number of fused-ring (bicyclic) bond motifs is 9. The SMILES string of the molecule is CC1(C)c2ccccc2-c2cc(N(c3ccc(-c4ccc5ccccc5c4)cc3)c3ccc(-c4ccc5ccc6oc7ccccc7c6c5c4)cc3)ccc21. The fraction of sp³-hybridized carbons (Fsp3) is 0.0566. The van der Waals surface area contributed by atoms with Crippen LogP contribution in [0.1, 0.15) is 25.0 Å². The zero-order valence-corrected chi connectivity index (χ0v) is 30.8. The van der Waals surface area contributed by atoms with Gasteiger partial charge in [0.25, 0.3) is 0 Å². The van der Waals surface area contributed by atoms with Gasteiger partial charge in [0, 0.05) is 33.2 Å². The first-order chi connectivity index (χ1) is 27.0. The minimum absolute atomic E-state index is 0.0490. The van der Waals surface area contributed by atoms with Crippen molar-refractivity contribution in [2.45, 2.75) is 19.3 Å². The van der Waals surface area contributed by atoms with E-state index in [0.29, 0.717) is 0 Å². The summed E-state index contributed by atoms with van der Waals surface area (Å²) in [6.45, 7) is 4.68. The van der Waals surface area contributed by atoms with Crippen molar-refractivity contribution in [3.8, 4) is 33.4 Å². The molecule has 10 aromatic rings. The van der Waals surface area contributed by atoms with Crippen LogP contribution in [0.2, 0.25) is 0 Å². The average Bonchev–Trinajstić information content (AvgIpc) is 3.73. The quantitative estimate of drug-likeness (QED) is 0.177. The van der Waals surface area contributed by atoms with Crippen LogP contribution in [-0.2, 0) is 5.41 Å². The fourth-order valence-electron chi connectivity index (χ4n) is 8.99. The maximum atomic E-state index is 6.23. The molecular weight excluding hydrogens is 667 g/mol. The lowest BCUT2D eigenvalue weighted by Crippen LogP contribution is -2.15. The van der Waals surface area contributed by atoms with Gasteiger partial charge in [-0.3, -0.25) is 0 Å². The molecule has 0 bridgehead atoms. The molecule has 1 heterocycles. The van der Waals surface area contributed by atoms with Crippen LogP contribution in [-0.4, -0.2) is 0 Å². The Balaban J connectivity index is 1.02. The number of hydrogen-bond acceptors (Lipinski definition) is 2. The van der Waals surface area contributed by atoms with E-state index in [0.717, 1.165) is 33.6 Å². The Bertz CT molecular complexity index is 3110. The third kappa shape index (κ3) is 5.02. The monoisotopic (exact) mass is 703 g/mol. The molecule has 11 rings (SSSR count). The summed E-state index contributed by atoms with van der Waals surface area (Å²) in [6.07, 6.45) is 0. The summed E-state index contributed by atoms with van der Waals surface area (Å²) in [7, 11) is 0. The van der Waals surface area contributed by atoms with Crippen LogP contribution in [0.5, 0.6) is 0 Å². The molecule has 0 spiro atoms. The van der Waals surface area contributed by atoms with E-state index in [1.54, 1.807) is 0 Å². The molecule has 260 valence electrons. The number of furan rings is 1. The van der Waals surface area contributed by atoms with E-state index in [4.69, 9.17) is 4.42 Å². The highest BCUT2D eigenvalue weighted by Crippen LogP contribution is 2.50. The summed E-state index contributed by atoms with van der Waals surface area (Å²) in [5, 5.41) is 7.24. The predicted molar refractivity (Wildman–Crippen MR) is 232 cm³/mol. The van der Waals surface area contributed by atoms with Crippen LogP contribution < -0.4 is 4.90 Å². The largest absolute Gasteiger partial charge is 0.456 e. The highest BCUT2D eigenvalue weighted by molar-refractivity contribution is 6.19. The number of hydrogen-bond donors (Lipinski definition) is 0. The summed E-state index contributed by atoms with van der Waals surface area (Å²) in [4.78, 5) is 2.39. The van der Waals surface area contributed by atoms with Gasteiger partial charge in [-0.2, -0.15) is 0 Å². The smallest absolute Gasteiger partial charge is 0.136 e. The first-order valence-corrected chi connectivity index (χ1v) is 19.1. The van der Waals surface area contributed by atoms with E-state index in [9.17, 15) is 0 Å². The molecule has 55 heavy (non-hydrogen) atoms. The molecule has 1 aromatic heterocycles. The van der Waals surface area contributed by atoms with E-state index in [1.165, 1.54) is 71.4 Å². The van der Waals surface area contributed by atoms with Crippen molar-refractivity contribution in [2.75, 3.05) is 4.90 Å². The Hall–Kier alpha value is -6.90. The summed E-state index contributed by atoms with van der Waals surface area (Å²) >= 11 is 0. The van der Waals surface area contributed by atoms with Gasteiger partial charge in [0.15, 0.2) is 0 Å². The van der Waals surface area contributed by atoms with Crippen LogP contribution >= 0.6 is 0 Å². The zero-order valence-electron chi connectivity index (χ0n) is 30.8. The molecular formula is C53H37NO. The second-order valence-corrected chi connectivity index (χ2v) is 15.4. The minimum Gasteiger partial charge on any atom is -0.456 e. The van der Waals surface area contributed by atoms with Gasteiger partial charge in [0.05, 0.1) is 0 Å². The van der Waals surface area contributed by atoms with Crippen molar-refractivity contribution in [2.24, 2.45) is 0 Å². The average molecular weight is 704 g/mol. The predicted octanol–water partition coefficient (Wildman–Crippen LogP) is 15.0. The van der Waals surface area contributed by atoms with Crippen LogP contribution in [0.25, 0.3) is 76.9 Å². The number of nitrogens with zero attached hydrogens (tertiary/aromatic N) is 1. The van der Waals surface area contributed by atoms with Crippen molar-refractivity contribution >= 4 is 60.5 Å². The molecule has 2 heteroatoms. The maximum Gasteiger partial charge on any atom is 0.136 e. The zero-order chi connectivity index (χ0) is 36.7. The Morgan fingerprint density at radius 1 is 0.382 bits per heavy atom. The third-order valence-corrected chi connectivity index (χ3v) is 11.9. The fourth-order valence-corrected chi connectivity index (χ4v) is 8.99. The first kappa shape index (κ1) is 31.6. The van der Waals surface area contributed by atoms with E-state index in [1.807, 2.05) is 12.1 Å². The Morgan fingerprint density at radius 2 is 0.964 bits per heavy atom. The Kier molecular flexibility index (Phi) is 6.93. The summed E-state index contributed by atoms with van der Waals surface area (Å²) in [6, 6.07) is 68.6. The van der Waals surface area contributed by atoms with Gasteiger partial charge in [0.2, 0.25) is 0 Å². The lowest BCUT2D eigenvalue weighted by Gasteiger charge is -2.27. The molecule has 1 aliphatic carbocycles. The third-order valence-electron chi connectivity index (χ3n) is 11.9. The van der Waals surface area contributed by atoms with Crippen molar-refractivity contribution < 1.29 is 4.42 Å². The molecule has 0 saturated heterocycles. The maximum absolute atomic E-state index is 6.23. The van der Waals surface area contributed by atoms with Gasteiger partial charge in [-0.1, -0.05) is 141 Å². The number of para-hydroxylation sites is 1. The lowest BCUT2D eigenvalue weighted by molar-refractivity contribution is 0.660. The van der Waals surface area contributed by atoms with Gasteiger partial charge in [-0.25, -0.2) is 0 Å². The Morgan fingerprint density at radius 3 is 1.75 bits per heavy atom. The Labute approximate surface area is 320 Å². The minimum atomic E-state index is -0.0490. The molecule has 1 aliphatic rings. The first-order valence-electron chi connectivity index (χ1n) is 19.1. The van der Waals surface area contributed by atoms with Crippen LogP contribution in [0.3, 0.4) is 0 Å². The van der Waals surface area contributed by atoms with Crippen molar-refractivity contribution in [3.05, 3.63) is 199 Å². The van der Waals surface area contributed by atoms with E-state index < -0.39 is 0 Å². The molecule has 0 unspecified atom stereocenters. The second kappa shape index (κ2) is 12.1. The molecule has 9 aromatic carbocycles. The highest BCUT2D eigenvalue weighted by atomic mass is 16.3. The molecule has 2 nitrogen and oxygen atoms in total. The number of benzene rings is 9. The van der Waals surface area contributed by atoms with Crippen LogP contribution in [0.15, 0.2) is 192 Å². The normalized spacial score (nSPS) is 13.1. The molecule has 0 atom stereocenters. The molecule has 0 aliphatic heterocycles. The van der Waals surface area contributed by atoms with Crippen LogP contribution in [0, 0.1) is 0 Å². The van der Waals surface area contributed by atoms with Gasteiger partial charge in [-0.15, -0.1) is 0 Å². The molecule has 0 radical (unpaired) electrons. The van der Waals surface area contributed by atoms with Crippen molar-refractivity contribution in [3.63, 3.8) is 0 Å². The highest BCUT2D eigenvalue weighted by Gasteiger charge is 2.35. The molecule has 0 N–H and O–H groups in total. The molecule has 0 fully saturated rings.